The number of benzene rings is 1. The molecular formula is C12H16N2O. The quantitative estimate of drug-likeness (QED) is 0.457. The molecule has 0 saturated heterocycles. The summed E-state index contributed by atoms with van der Waals surface area (Å²) >= 11 is 0. The Morgan fingerprint density at radius 3 is 3.07 bits per heavy atom. The van der Waals surface area contributed by atoms with E-state index < -0.39 is 0 Å². The Balaban J connectivity index is 2.01. The molecule has 0 fully saturated rings. The molecule has 1 unspecified atom stereocenters. The van der Waals surface area contributed by atoms with Crippen molar-refractivity contribution < 1.29 is 4.74 Å². The monoisotopic (exact) mass is 204 g/mol. The Morgan fingerprint density at radius 1 is 1.53 bits per heavy atom. The molecule has 0 aliphatic heterocycles. The number of nitrogens with zero attached hydrogens (tertiary/aromatic N) is 1. The van der Waals surface area contributed by atoms with Crippen LogP contribution in [-0.4, -0.2) is 26.1 Å². The maximum atomic E-state index is 5.93. The van der Waals surface area contributed by atoms with Gasteiger partial charge in [-0.15, -0.1) is 0 Å². The summed E-state index contributed by atoms with van der Waals surface area (Å²) in [7, 11) is 1.67. The zero-order valence-corrected chi connectivity index (χ0v) is 8.94. The number of methoxy groups -OCH3 is 1. The van der Waals surface area contributed by atoms with E-state index in [0.29, 0.717) is 19.1 Å². The summed E-state index contributed by atoms with van der Waals surface area (Å²) in [6.45, 7) is 1.29. The zero-order valence-electron chi connectivity index (χ0n) is 8.94. The van der Waals surface area contributed by atoms with E-state index in [4.69, 9.17) is 10.5 Å². The number of nitrogens with two attached hydrogens (primary N) is 1. The van der Waals surface area contributed by atoms with Gasteiger partial charge in [-0.1, -0.05) is 24.3 Å². The smallest absolute Gasteiger partial charge is 0.102 e. The summed E-state index contributed by atoms with van der Waals surface area (Å²) in [6, 6.07) is 8.39. The van der Waals surface area contributed by atoms with Crippen LogP contribution in [0, 0.1) is 0 Å². The highest BCUT2D eigenvalue weighted by Gasteiger charge is 2.28. The number of fused-ring (bicyclic) bond motifs is 1. The van der Waals surface area contributed by atoms with Crippen molar-refractivity contribution in [3.05, 3.63) is 35.4 Å². The molecule has 1 aromatic carbocycles. The SMILES string of the molecule is COCCN=C(N)C1Cc2ccccc21. The van der Waals surface area contributed by atoms with Gasteiger partial charge in [-0.3, -0.25) is 4.99 Å². The molecule has 1 aromatic rings. The normalized spacial score (nSPS) is 19.5. The summed E-state index contributed by atoms with van der Waals surface area (Å²) in [5.74, 6) is 1.07. The lowest BCUT2D eigenvalue weighted by Gasteiger charge is -2.29. The van der Waals surface area contributed by atoms with Gasteiger partial charge >= 0.3 is 0 Å². The van der Waals surface area contributed by atoms with Crippen molar-refractivity contribution in [2.45, 2.75) is 12.3 Å². The Kier molecular flexibility index (Phi) is 3.02. The molecule has 0 heterocycles. The highest BCUT2D eigenvalue weighted by Crippen LogP contribution is 2.34. The predicted octanol–water partition coefficient (Wildman–Crippen LogP) is 1.33. The van der Waals surface area contributed by atoms with Crippen molar-refractivity contribution in [3.8, 4) is 0 Å². The molecule has 0 saturated carbocycles. The molecule has 2 rings (SSSR count). The molecule has 1 aliphatic rings. The largest absolute Gasteiger partial charge is 0.387 e. The lowest BCUT2D eigenvalue weighted by atomic mass is 9.77. The van der Waals surface area contributed by atoms with Gasteiger partial charge in [0.25, 0.3) is 0 Å². The maximum Gasteiger partial charge on any atom is 0.102 e. The van der Waals surface area contributed by atoms with Crippen molar-refractivity contribution in [2.75, 3.05) is 20.3 Å². The highest BCUT2D eigenvalue weighted by molar-refractivity contribution is 5.90. The minimum Gasteiger partial charge on any atom is -0.387 e. The first kappa shape index (κ1) is 10.2. The molecule has 0 aromatic heterocycles. The van der Waals surface area contributed by atoms with Gasteiger partial charge in [-0.2, -0.15) is 0 Å². The number of hydrogen-bond acceptors (Lipinski definition) is 2. The van der Waals surface area contributed by atoms with Crippen LogP contribution in [0.4, 0.5) is 0 Å². The number of hydrogen-bond donors (Lipinski definition) is 1. The molecule has 0 radical (unpaired) electrons. The van der Waals surface area contributed by atoms with E-state index in [2.05, 4.69) is 23.2 Å². The summed E-state index contributed by atoms with van der Waals surface area (Å²) in [5.41, 5.74) is 8.65. The van der Waals surface area contributed by atoms with Gasteiger partial charge < -0.3 is 10.5 Å². The van der Waals surface area contributed by atoms with Gasteiger partial charge in [-0.25, -0.2) is 0 Å². The van der Waals surface area contributed by atoms with Gasteiger partial charge in [0.1, 0.15) is 5.84 Å². The van der Waals surface area contributed by atoms with E-state index in [0.717, 1.165) is 12.3 Å². The van der Waals surface area contributed by atoms with Crippen molar-refractivity contribution in [1.82, 2.24) is 0 Å². The standard InChI is InChI=1S/C12H16N2O/c1-15-7-6-14-12(13)11-8-9-4-2-3-5-10(9)11/h2-5,11H,6-8H2,1H3,(H2,13,14). The van der Waals surface area contributed by atoms with E-state index in [9.17, 15) is 0 Å². The fourth-order valence-corrected chi connectivity index (χ4v) is 1.90. The van der Waals surface area contributed by atoms with Gasteiger partial charge in [0.05, 0.1) is 13.2 Å². The van der Waals surface area contributed by atoms with Crippen LogP contribution < -0.4 is 5.73 Å². The fourth-order valence-electron chi connectivity index (χ4n) is 1.90. The first-order chi connectivity index (χ1) is 7.33. The molecule has 3 nitrogen and oxygen atoms in total. The first-order valence-electron chi connectivity index (χ1n) is 5.19. The molecular weight excluding hydrogens is 188 g/mol. The summed E-state index contributed by atoms with van der Waals surface area (Å²) in [4.78, 5) is 4.30. The third-order valence-corrected chi connectivity index (χ3v) is 2.80. The van der Waals surface area contributed by atoms with Gasteiger partial charge in [-0.05, 0) is 17.5 Å². The molecule has 0 bridgehead atoms. The second-order valence-corrected chi connectivity index (χ2v) is 3.75. The number of aliphatic imine (C=N–C) groups is 1. The molecule has 0 amide bonds. The number of rotatable bonds is 4. The molecule has 1 atom stereocenters. The van der Waals surface area contributed by atoms with Gasteiger partial charge in [0.15, 0.2) is 0 Å². The summed E-state index contributed by atoms with van der Waals surface area (Å²) in [5, 5.41) is 0. The second-order valence-electron chi connectivity index (χ2n) is 3.75. The predicted molar refractivity (Wildman–Crippen MR) is 61.3 cm³/mol. The highest BCUT2D eigenvalue weighted by atomic mass is 16.5. The Morgan fingerprint density at radius 2 is 2.33 bits per heavy atom. The van der Waals surface area contributed by atoms with Crippen LogP contribution in [0.1, 0.15) is 17.0 Å². The van der Waals surface area contributed by atoms with Crippen LogP contribution in [0.3, 0.4) is 0 Å². The van der Waals surface area contributed by atoms with E-state index in [-0.39, 0.29) is 0 Å². The molecule has 3 heteroatoms. The number of ether oxygens (including phenoxy) is 1. The molecule has 80 valence electrons. The summed E-state index contributed by atoms with van der Waals surface area (Å²) < 4.78 is 4.93. The molecule has 2 N–H and O–H groups in total. The van der Waals surface area contributed by atoms with E-state index in [1.807, 2.05) is 6.07 Å². The van der Waals surface area contributed by atoms with Crippen LogP contribution in [0.5, 0.6) is 0 Å². The molecule has 15 heavy (non-hydrogen) atoms. The van der Waals surface area contributed by atoms with Crippen molar-refractivity contribution in [3.63, 3.8) is 0 Å². The van der Waals surface area contributed by atoms with Gasteiger partial charge in [0.2, 0.25) is 0 Å². The third-order valence-electron chi connectivity index (χ3n) is 2.80. The van der Waals surface area contributed by atoms with Crippen LogP contribution >= 0.6 is 0 Å². The molecule has 0 spiro atoms. The fraction of sp³-hybridized carbons (Fsp3) is 0.417. The van der Waals surface area contributed by atoms with Crippen LogP contribution in [-0.2, 0) is 11.2 Å². The first-order valence-corrected chi connectivity index (χ1v) is 5.19. The van der Waals surface area contributed by atoms with Crippen molar-refractivity contribution in [2.24, 2.45) is 10.7 Å². The minimum absolute atomic E-state index is 0.332. The zero-order chi connectivity index (χ0) is 10.7. The average Bonchev–Trinajstić information content (AvgIpc) is 2.20. The lowest BCUT2D eigenvalue weighted by Crippen LogP contribution is -2.31. The Bertz CT molecular complexity index is 374. The van der Waals surface area contributed by atoms with Crippen molar-refractivity contribution in [1.29, 1.82) is 0 Å². The van der Waals surface area contributed by atoms with Crippen molar-refractivity contribution >= 4 is 5.84 Å². The number of amidine groups is 1. The Hall–Kier alpha value is -1.35. The van der Waals surface area contributed by atoms with Crippen LogP contribution in [0.15, 0.2) is 29.3 Å². The Labute approximate surface area is 90.0 Å². The van der Waals surface area contributed by atoms with Crippen LogP contribution in [0.25, 0.3) is 0 Å². The summed E-state index contributed by atoms with van der Waals surface area (Å²) in [6.07, 6.45) is 1.03. The van der Waals surface area contributed by atoms with E-state index in [1.54, 1.807) is 7.11 Å². The minimum atomic E-state index is 0.332. The molecule has 1 aliphatic carbocycles. The van der Waals surface area contributed by atoms with Gasteiger partial charge in [0, 0.05) is 13.0 Å². The van der Waals surface area contributed by atoms with E-state index >= 15 is 0 Å². The van der Waals surface area contributed by atoms with E-state index in [1.165, 1.54) is 11.1 Å². The topological polar surface area (TPSA) is 47.6 Å². The lowest BCUT2D eigenvalue weighted by molar-refractivity contribution is 0.208. The maximum absolute atomic E-state index is 5.93. The average molecular weight is 204 g/mol. The van der Waals surface area contributed by atoms with Crippen LogP contribution in [0.2, 0.25) is 0 Å². The second kappa shape index (κ2) is 4.45. The third kappa shape index (κ3) is 2.02.